The lowest BCUT2D eigenvalue weighted by atomic mass is 10.0. The van der Waals surface area contributed by atoms with E-state index >= 15 is 0 Å². The van der Waals surface area contributed by atoms with Crippen molar-refractivity contribution in [1.82, 2.24) is 9.80 Å². The van der Waals surface area contributed by atoms with Crippen LogP contribution in [0.25, 0.3) is 0 Å². The quantitative estimate of drug-likeness (QED) is 0.798. The highest BCUT2D eigenvalue weighted by Crippen LogP contribution is 2.44. The van der Waals surface area contributed by atoms with Gasteiger partial charge in [-0.2, -0.15) is 0 Å². The van der Waals surface area contributed by atoms with Crippen molar-refractivity contribution in [2.75, 3.05) is 44.9 Å². The number of anilines is 1. The van der Waals surface area contributed by atoms with E-state index in [1.165, 1.54) is 6.26 Å². The fourth-order valence-electron chi connectivity index (χ4n) is 4.00. The number of piperidine rings is 1. The highest BCUT2D eigenvalue weighted by molar-refractivity contribution is 8.00. The predicted octanol–water partition coefficient (Wildman–Crippen LogP) is 3.51. The summed E-state index contributed by atoms with van der Waals surface area (Å²) >= 11 is 1.80. The summed E-state index contributed by atoms with van der Waals surface area (Å²) in [4.78, 5) is 29.1. The van der Waals surface area contributed by atoms with E-state index < -0.39 is 0 Å². The van der Waals surface area contributed by atoms with Crippen molar-refractivity contribution >= 4 is 29.4 Å². The molecule has 1 aromatic heterocycles. The summed E-state index contributed by atoms with van der Waals surface area (Å²) in [5.41, 5.74) is 0.591. The SMILES string of the molecule is COc1ccc(NC(=O)N2CCC3(CC2)SCCN3C(=O)c2ccco2)c(OC)c1. The van der Waals surface area contributed by atoms with Gasteiger partial charge in [-0.1, -0.05) is 0 Å². The van der Waals surface area contributed by atoms with Crippen molar-refractivity contribution in [3.05, 3.63) is 42.4 Å². The molecule has 30 heavy (non-hydrogen) atoms. The van der Waals surface area contributed by atoms with Gasteiger partial charge in [-0.3, -0.25) is 4.79 Å². The third kappa shape index (κ3) is 3.81. The summed E-state index contributed by atoms with van der Waals surface area (Å²) in [5, 5.41) is 2.92. The molecule has 160 valence electrons. The minimum absolute atomic E-state index is 0.0779. The van der Waals surface area contributed by atoms with E-state index in [1.54, 1.807) is 61.2 Å². The van der Waals surface area contributed by atoms with Crippen LogP contribution in [-0.2, 0) is 0 Å². The van der Waals surface area contributed by atoms with Crippen LogP contribution in [0.2, 0.25) is 0 Å². The third-order valence-corrected chi connectivity index (χ3v) is 7.19. The Kier molecular flexibility index (Phi) is 5.80. The number of carbonyl (C=O) groups is 2. The van der Waals surface area contributed by atoms with Gasteiger partial charge in [0.25, 0.3) is 5.91 Å². The van der Waals surface area contributed by atoms with Crippen LogP contribution < -0.4 is 14.8 Å². The third-order valence-electron chi connectivity index (χ3n) is 5.64. The van der Waals surface area contributed by atoms with Crippen molar-refractivity contribution < 1.29 is 23.5 Å². The highest BCUT2D eigenvalue weighted by atomic mass is 32.2. The van der Waals surface area contributed by atoms with Gasteiger partial charge in [-0.05, 0) is 37.1 Å². The average molecular weight is 432 g/mol. The first-order valence-corrected chi connectivity index (χ1v) is 10.8. The van der Waals surface area contributed by atoms with Gasteiger partial charge in [0, 0.05) is 31.5 Å². The maximum atomic E-state index is 12.9. The Morgan fingerprint density at radius 1 is 1.13 bits per heavy atom. The molecular formula is C21H25N3O5S. The predicted molar refractivity (Wildman–Crippen MR) is 114 cm³/mol. The normalized spacial score (nSPS) is 17.8. The number of hydrogen-bond acceptors (Lipinski definition) is 6. The highest BCUT2D eigenvalue weighted by Gasteiger charge is 2.47. The molecule has 0 saturated carbocycles. The number of methoxy groups -OCH3 is 2. The van der Waals surface area contributed by atoms with Crippen LogP contribution in [0.5, 0.6) is 11.5 Å². The maximum absolute atomic E-state index is 12.9. The molecule has 8 nitrogen and oxygen atoms in total. The summed E-state index contributed by atoms with van der Waals surface area (Å²) in [5.74, 6) is 2.37. The van der Waals surface area contributed by atoms with Crippen molar-refractivity contribution in [2.45, 2.75) is 17.7 Å². The van der Waals surface area contributed by atoms with Crippen molar-refractivity contribution in [3.8, 4) is 11.5 Å². The topological polar surface area (TPSA) is 84.3 Å². The molecule has 9 heteroatoms. The Balaban J connectivity index is 1.40. The number of carbonyl (C=O) groups excluding carboxylic acids is 2. The van der Waals surface area contributed by atoms with E-state index in [2.05, 4.69) is 5.32 Å². The molecule has 2 fully saturated rings. The van der Waals surface area contributed by atoms with Crippen molar-refractivity contribution in [3.63, 3.8) is 0 Å². The number of nitrogens with one attached hydrogen (secondary N) is 1. The van der Waals surface area contributed by atoms with Crippen LogP contribution in [0.1, 0.15) is 23.4 Å². The van der Waals surface area contributed by atoms with Gasteiger partial charge in [0.1, 0.15) is 11.5 Å². The molecule has 0 bridgehead atoms. The van der Waals surface area contributed by atoms with Crippen LogP contribution >= 0.6 is 11.8 Å². The molecule has 1 N–H and O–H groups in total. The molecule has 2 aromatic rings. The fraction of sp³-hybridized carbons (Fsp3) is 0.429. The molecule has 3 heterocycles. The number of rotatable bonds is 4. The van der Waals surface area contributed by atoms with Gasteiger partial charge in [0.05, 0.1) is 31.0 Å². The number of ether oxygens (including phenoxy) is 2. The van der Waals surface area contributed by atoms with E-state index in [0.29, 0.717) is 42.6 Å². The minimum atomic E-state index is -0.279. The second kappa shape index (κ2) is 8.51. The minimum Gasteiger partial charge on any atom is -0.497 e. The lowest BCUT2D eigenvalue weighted by Crippen LogP contribution is -2.54. The van der Waals surface area contributed by atoms with Gasteiger partial charge in [0.15, 0.2) is 5.76 Å². The largest absolute Gasteiger partial charge is 0.497 e. The number of amides is 3. The Hall–Kier alpha value is -2.81. The van der Waals surface area contributed by atoms with Crippen LogP contribution in [0.15, 0.2) is 41.0 Å². The summed E-state index contributed by atoms with van der Waals surface area (Å²) in [6, 6.07) is 8.51. The van der Waals surface area contributed by atoms with E-state index in [0.717, 1.165) is 18.6 Å². The first kappa shape index (κ1) is 20.5. The summed E-state index contributed by atoms with van der Waals surface area (Å²) in [7, 11) is 3.13. The molecule has 2 saturated heterocycles. The van der Waals surface area contributed by atoms with Crippen LogP contribution in [0.3, 0.4) is 0 Å². The lowest BCUT2D eigenvalue weighted by molar-refractivity contribution is 0.0554. The first-order chi connectivity index (χ1) is 14.6. The zero-order valence-corrected chi connectivity index (χ0v) is 17.9. The molecule has 1 aromatic carbocycles. The standard InChI is InChI=1S/C21H25N3O5S/c1-27-15-5-6-16(18(14-15)28-2)22-20(26)23-9-7-21(8-10-23)24(11-13-30-21)19(25)17-4-3-12-29-17/h3-6,12,14H,7-11,13H2,1-2H3,(H,22,26). The summed E-state index contributed by atoms with van der Waals surface area (Å²) in [6.07, 6.45) is 2.96. The number of furan rings is 1. The first-order valence-electron chi connectivity index (χ1n) is 9.84. The molecular weight excluding hydrogens is 406 g/mol. The van der Waals surface area contributed by atoms with Crippen molar-refractivity contribution in [1.29, 1.82) is 0 Å². The molecule has 1 spiro atoms. The fourth-order valence-corrected chi connectivity index (χ4v) is 5.45. The van der Waals surface area contributed by atoms with E-state index in [9.17, 15) is 9.59 Å². The molecule has 0 atom stereocenters. The van der Waals surface area contributed by atoms with Gasteiger partial charge < -0.3 is 29.0 Å². The Morgan fingerprint density at radius 2 is 1.93 bits per heavy atom. The molecule has 0 radical (unpaired) electrons. The molecule has 4 rings (SSSR count). The van der Waals surface area contributed by atoms with E-state index in [1.807, 2.05) is 4.90 Å². The number of hydrogen-bond donors (Lipinski definition) is 1. The van der Waals surface area contributed by atoms with Gasteiger partial charge >= 0.3 is 6.03 Å². The lowest BCUT2D eigenvalue weighted by Gasteiger charge is -2.43. The molecule has 2 aliphatic heterocycles. The number of thioether (sulfide) groups is 1. The Labute approximate surface area is 179 Å². The zero-order valence-electron chi connectivity index (χ0n) is 17.1. The zero-order chi connectivity index (χ0) is 21.1. The van der Waals surface area contributed by atoms with Crippen LogP contribution in [0, 0.1) is 0 Å². The van der Waals surface area contributed by atoms with E-state index in [4.69, 9.17) is 13.9 Å². The molecule has 0 unspecified atom stereocenters. The second-order valence-corrected chi connectivity index (χ2v) is 8.67. The number of likely N-dealkylation sites (tertiary alicyclic amines) is 1. The molecule has 3 amide bonds. The van der Waals surface area contributed by atoms with Gasteiger partial charge in [0.2, 0.25) is 0 Å². The second-order valence-electron chi connectivity index (χ2n) is 7.21. The molecule has 2 aliphatic rings. The van der Waals surface area contributed by atoms with Crippen LogP contribution in [0.4, 0.5) is 10.5 Å². The van der Waals surface area contributed by atoms with Gasteiger partial charge in [-0.25, -0.2) is 4.79 Å². The van der Waals surface area contributed by atoms with E-state index in [-0.39, 0.29) is 16.8 Å². The van der Waals surface area contributed by atoms with Crippen molar-refractivity contribution in [2.24, 2.45) is 0 Å². The number of benzene rings is 1. The maximum Gasteiger partial charge on any atom is 0.321 e. The van der Waals surface area contributed by atoms with Gasteiger partial charge in [-0.15, -0.1) is 11.8 Å². The monoisotopic (exact) mass is 431 g/mol. The number of nitrogens with zero attached hydrogens (tertiary/aromatic N) is 2. The van der Waals surface area contributed by atoms with Crippen LogP contribution in [-0.4, -0.2) is 66.2 Å². The Morgan fingerprint density at radius 3 is 2.60 bits per heavy atom. The average Bonchev–Trinajstić information content (AvgIpc) is 3.45. The smallest absolute Gasteiger partial charge is 0.321 e. The summed E-state index contributed by atoms with van der Waals surface area (Å²) in [6.45, 7) is 1.83. The number of urea groups is 1. The molecule has 0 aliphatic carbocycles. The summed E-state index contributed by atoms with van der Waals surface area (Å²) < 4.78 is 15.9. The Bertz CT molecular complexity index is 909.